The Kier molecular flexibility index (Phi) is 3.25. The van der Waals surface area contributed by atoms with Crippen LogP contribution in [0.3, 0.4) is 0 Å². The maximum absolute atomic E-state index is 11.8. The number of Topliss-reactive ketones (excluding diaryl/α,β-unsaturated/α-hetero) is 1. The summed E-state index contributed by atoms with van der Waals surface area (Å²) in [5, 5.41) is 4.30. The number of H-pyrrole nitrogens is 1. The smallest absolute Gasteiger partial charge is 0.164 e. The van der Waals surface area contributed by atoms with E-state index in [0.717, 1.165) is 48.3 Å². The van der Waals surface area contributed by atoms with Gasteiger partial charge in [-0.05, 0) is 25.8 Å². The van der Waals surface area contributed by atoms with Gasteiger partial charge in [0.15, 0.2) is 5.78 Å². The van der Waals surface area contributed by atoms with Gasteiger partial charge in [0.2, 0.25) is 0 Å². The highest BCUT2D eigenvalue weighted by molar-refractivity contribution is 6.11. The molecule has 0 aliphatic carbocycles. The number of ketones is 1. The number of fused-ring (bicyclic) bond motifs is 1. The summed E-state index contributed by atoms with van der Waals surface area (Å²) in [5.41, 5.74) is 1.73. The predicted molar refractivity (Wildman–Crippen MR) is 75.8 cm³/mol. The number of anilines is 1. The largest absolute Gasteiger partial charge is 0.376 e. The molecule has 1 fully saturated rings. The van der Waals surface area contributed by atoms with Crippen molar-refractivity contribution in [2.45, 2.75) is 25.9 Å². The van der Waals surface area contributed by atoms with Crippen LogP contribution >= 0.6 is 0 Å². The van der Waals surface area contributed by atoms with E-state index >= 15 is 0 Å². The number of ether oxygens (including phenoxy) is 1. The number of hydrogen-bond donors (Lipinski definition) is 2. The van der Waals surface area contributed by atoms with Crippen molar-refractivity contribution in [1.82, 2.24) is 4.98 Å². The molecule has 0 saturated carbocycles. The van der Waals surface area contributed by atoms with Crippen LogP contribution in [0.25, 0.3) is 10.9 Å². The number of rotatable bonds is 4. The Morgan fingerprint density at radius 3 is 3.05 bits per heavy atom. The molecule has 2 aromatic rings. The van der Waals surface area contributed by atoms with Crippen LogP contribution in [-0.4, -0.2) is 30.0 Å². The van der Waals surface area contributed by atoms with E-state index in [2.05, 4.69) is 10.3 Å². The summed E-state index contributed by atoms with van der Waals surface area (Å²) in [4.78, 5) is 15.1. The number of aromatic nitrogens is 1. The second-order valence-electron chi connectivity index (χ2n) is 4.99. The van der Waals surface area contributed by atoms with Crippen LogP contribution in [-0.2, 0) is 4.74 Å². The molecule has 2 heterocycles. The van der Waals surface area contributed by atoms with Gasteiger partial charge in [-0.1, -0.05) is 18.2 Å². The molecule has 1 atom stereocenters. The summed E-state index contributed by atoms with van der Waals surface area (Å²) in [6.45, 7) is 3.19. The second-order valence-corrected chi connectivity index (χ2v) is 4.99. The monoisotopic (exact) mass is 258 g/mol. The van der Waals surface area contributed by atoms with Crippen molar-refractivity contribution in [2.24, 2.45) is 0 Å². The van der Waals surface area contributed by atoms with Crippen molar-refractivity contribution in [2.75, 3.05) is 18.5 Å². The number of carbonyl (C=O) groups is 1. The van der Waals surface area contributed by atoms with Gasteiger partial charge in [-0.25, -0.2) is 0 Å². The molecule has 100 valence electrons. The third kappa shape index (κ3) is 2.36. The van der Waals surface area contributed by atoms with Crippen LogP contribution < -0.4 is 5.32 Å². The maximum Gasteiger partial charge on any atom is 0.164 e. The Bertz CT molecular complexity index is 597. The third-order valence-electron chi connectivity index (χ3n) is 3.59. The van der Waals surface area contributed by atoms with Gasteiger partial charge >= 0.3 is 0 Å². The Hall–Kier alpha value is -1.81. The van der Waals surface area contributed by atoms with Gasteiger partial charge in [-0.3, -0.25) is 4.79 Å². The highest BCUT2D eigenvalue weighted by Gasteiger charge is 2.18. The summed E-state index contributed by atoms with van der Waals surface area (Å²) in [7, 11) is 0. The standard InChI is InChI=1S/C15H18N2O2/c1-10(18)14-12-6-2-3-7-13(12)17-15(14)16-9-11-5-4-8-19-11/h2-3,6-7,11,16-17H,4-5,8-9H2,1H3. The number of benzene rings is 1. The van der Waals surface area contributed by atoms with E-state index in [1.807, 2.05) is 24.3 Å². The van der Waals surface area contributed by atoms with Gasteiger partial charge < -0.3 is 15.0 Å². The van der Waals surface area contributed by atoms with Crippen LogP contribution in [0.2, 0.25) is 0 Å². The van der Waals surface area contributed by atoms with Crippen LogP contribution in [0.1, 0.15) is 30.1 Å². The summed E-state index contributed by atoms with van der Waals surface area (Å²) < 4.78 is 5.59. The fraction of sp³-hybridized carbons (Fsp3) is 0.400. The van der Waals surface area contributed by atoms with Crippen molar-refractivity contribution in [1.29, 1.82) is 0 Å². The molecule has 1 aliphatic heterocycles. The molecule has 0 bridgehead atoms. The quantitative estimate of drug-likeness (QED) is 0.829. The lowest BCUT2D eigenvalue weighted by Crippen LogP contribution is -2.19. The molecule has 0 radical (unpaired) electrons. The maximum atomic E-state index is 11.8. The van der Waals surface area contributed by atoms with E-state index < -0.39 is 0 Å². The first-order valence-corrected chi connectivity index (χ1v) is 6.73. The zero-order valence-electron chi connectivity index (χ0n) is 11.0. The number of hydrogen-bond acceptors (Lipinski definition) is 3. The molecule has 1 aromatic heterocycles. The van der Waals surface area contributed by atoms with Crippen molar-refractivity contribution in [3.8, 4) is 0 Å². The minimum absolute atomic E-state index is 0.0762. The lowest BCUT2D eigenvalue weighted by Gasteiger charge is -2.11. The Morgan fingerprint density at radius 2 is 2.32 bits per heavy atom. The zero-order chi connectivity index (χ0) is 13.2. The van der Waals surface area contributed by atoms with Crippen LogP contribution in [0.15, 0.2) is 24.3 Å². The van der Waals surface area contributed by atoms with Gasteiger partial charge in [0, 0.05) is 24.1 Å². The first-order valence-electron chi connectivity index (χ1n) is 6.73. The van der Waals surface area contributed by atoms with Gasteiger partial charge in [-0.15, -0.1) is 0 Å². The second kappa shape index (κ2) is 5.05. The first kappa shape index (κ1) is 12.2. The molecule has 0 amide bonds. The van der Waals surface area contributed by atoms with Crippen molar-refractivity contribution in [3.63, 3.8) is 0 Å². The minimum Gasteiger partial charge on any atom is -0.376 e. The van der Waals surface area contributed by atoms with E-state index in [1.165, 1.54) is 0 Å². The fourth-order valence-corrected chi connectivity index (χ4v) is 2.66. The van der Waals surface area contributed by atoms with E-state index in [9.17, 15) is 4.79 Å². The average Bonchev–Trinajstić information content (AvgIpc) is 3.03. The average molecular weight is 258 g/mol. The SMILES string of the molecule is CC(=O)c1c(NCC2CCCO2)[nH]c2ccccc12. The van der Waals surface area contributed by atoms with E-state index in [-0.39, 0.29) is 11.9 Å². The van der Waals surface area contributed by atoms with Gasteiger partial charge in [0.1, 0.15) is 5.82 Å². The Morgan fingerprint density at radius 1 is 1.47 bits per heavy atom. The first-order chi connectivity index (χ1) is 9.25. The molecule has 1 aromatic carbocycles. The molecule has 0 spiro atoms. The van der Waals surface area contributed by atoms with E-state index in [0.29, 0.717) is 0 Å². The summed E-state index contributed by atoms with van der Waals surface area (Å²) in [5.74, 6) is 0.886. The van der Waals surface area contributed by atoms with Crippen molar-refractivity contribution < 1.29 is 9.53 Å². The molecule has 19 heavy (non-hydrogen) atoms. The molecular formula is C15H18N2O2. The van der Waals surface area contributed by atoms with Gasteiger partial charge in [0.05, 0.1) is 11.7 Å². The lowest BCUT2D eigenvalue weighted by atomic mass is 10.1. The number of carbonyl (C=O) groups excluding carboxylic acids is 1. The van der Waals surface area contributed by atoms with Crippen LogP contribution in [0.4, 0.5) is 5.82 Å². The van der Waals surface area contributed by atoms with Crippen LogP contribution in [0, 0.1) is 0 Å². The minimum atomic E-state index is 0.0762. The van der Waals surface area contributed by atoms with E-state index in [4.69, 9.17) is 4.74 Å². The summed E-state index contributed by atoms with van der Waals surface area (Å²) >= 11 is 0. The number of nitrogens with one attached hydrogen (secondary N) is 2. The molecular weight excluding hydrogens is 240 g/mol. The number of aromatic amines is 1. The topological polar surface area (TPSA) is 54.1 Å². The van der Waals surface area contributed by atoms with Crippen LogP contribution in [0.5, 0.6) is 0 Å². The van der Waals surface area contributed by atoms with Crippen molar-refractivity contribution >= 4 is 22.5 Å². The van der Waals surface area contributed by atoms with Gasteiger partial charge in [-0.2, -0.15) is 0 Å². The molecule has 1 aliphatic rings. The summed E-state index contributed by atoms with van der Waals surface area (Å²) in [6.07, 6.45) is 2.47. The molecule has 1 unspecified atom stereocenters. The molecule has 4 nitrogen and oxygen atoms in total. The van der Waals surface area contributed by atoms with Crippen molar-refractivity contribution in [3.05, 3.63) is 29.8 Å². The normalized spacial score (nSPS) is 18.9. The molecule has 4 heteroatoms. The Balaban J connectivity index is 1.88. The highest BCUT2D eigenvalue weighted by atomic mass is 16.5. The Labute approximate surface area is 112 Å². The lowest BCUT2D eigenvalue weighted by molar-refractivity contribution is 0.101. The highest BCUT2D eigenvalue weighted by Crippen LogP contribution is 2.27. The van der Waals surface area contributed by atoms with E-state index in [1.54, 1.807) is 6.92 Å². The predicted octanol–water partition coefficient (Wildman–Crippen LogP) is 2.96. The molecule has 1 saturated heterocycles. The zero-order valence-corrected chi connectivity index (χ0v) is 11.0. The molecule has 3 rings (SSSR count). The number of para-hydroxylation sites is 1. The summed E-state index contributed by atoms with van der Waals surface area (Å²) in [6, 6.07) is 7.87. The third-order valence-corrected chi connectivity index (χ3v) is 3.59. The fourth-order valence-electron chi connectivity index (χ4n) is 2.66. The van der Waals surface area contributed by atoms with Gasteiger partial charge in [0.25, 0.3) is 0 Å². The molecule has 2 N–H and O–H groups in total.